The van der Waals surface area contributed by atoms with Crippen molar-refractivity contribution in [2.45, 2.75) is 12.5 Å². The SMILES string of the molecule is CC(CCl)(C[N+](=O)[O-])NN. The van der Waals surface area contributed by atoms with E-state index >= 15 is 0 Å². The Hall–Kier alpha value is -0.390. The fourth-order valence-corrected chi connectivity index (χ4v) is 0.573. The van der Waals surface area contributed by atoms with Crippen LogP contribution in [0.2, 0.25) is 0 Å². The lowest BCUT2D eigenvalue weighted by Crippen LogP contribution is -2.53. The molecule has 0 spiro atoms. The minimum absolute atomic E-state index is 0.116. The maximum absolute atomic E-state index is 9.98. The van der Waals surface area contributed by atoms with E-state index in [9.17, 15) is 10.1 Å². The molecule has 0 saturated heterocycles. The van der Waals surface area contributed by atoms with Gasteiger partial charge in [0.05, 0.1) is 0 Å². The number of halogens is 1. The van der Waals surface area contributed by atoms with Crippen LogP contribution in [0.25, 0.3) is 0 Å². The molecule has 0 aromatic carbocycles. The molecule has 6 heteroatoms. The molecule has 0 saturated carbocycles. The molecule has 3 N–H and O–H groups in total. The molecule has 1 unspecified atom stereocenters. The molecule has 1 atom stereocenters. The van der Waals surface area contributed by atoms with E-state index in [1.54, 1.807) is 6.92 Å². The van der Waals surface area contributed by atoms with Crippen molar-refractivity contribution >= 4 is 11.6 Å². The van der Waals surface area contributed by atoms with Crippen molar-refractivity contribution in [3.8, 4) is 0 Å². The molecule has 5 nitrogen and oxygen atoms in total. The zero-order chi connectivity index (χ0) is 8.20. The number of hydrogen-bond donors (Lipinski definition) is 2. The Labute approximate surface area is 63.7 Å². The topological polar surface area (TPSA) is 81.2 Å². The Kier molecular flexibility index (Phi) is 3.55. The normalized spacial score (nSPS) is 16.3. The summed E-state index contributed by atoms with van der Waals surface area (Å²) in [6.07, 6.45) is 0. The van der Waals surface area contributed by atoms with E-state index < -0.39 is 10.5 Å². The highest BCUT2D eigenvalue weighted by Gasteiger charge is 2.27. The molecule has 0 aliphatic rings. The van der Waals surface area contributed by atoms with E-state index in [0.29, 0.717) is 0 Å². The van der Waals surface area contributed by atoms with E-state index in [4.69, 9.17) is 17.4 Å². The Morgan fingerprint density at radius 1 is 1.90 bits per heavy atom. The summed E-state index contributed by atoms with van der Waals surface area (Å²) in [6, 6.07) is 0. The number of hydrazine groups is 1. The molecule has 10 heavy (non-hydrogen) atoms. The van der Waals surface area contributed by atoms with Crippen molar-refractivity contribution in [3.05, 3.63) is 10.1 Å². The first-order chi connectivity index (χ1) is 4.54. The molecule has 0 bridgehead atoms. The van der Waals surface area contributed by atoms with Crippen LogP contribution in [0, 0.1) is 10.1 Å². The van der Waals surface area contributed by atoms with Gasteiger partial charge in [0, 0.05) is 10.8 Å². The van der Waals surface area contributed by atoms with Gasteiger partial charge >= 0.3 is 0 Å². The van der Waals surface area contributed by atoms with Crippen LogP contribution in [0.15, 0.2) is 0 Å². The van der Waals surface area contributed by atoms with Gasteiger partial charge in [-0.25, -0.2) is 5.43 Å². The summed E-state index contributed by atoms with van der Waals surface area (Å²) in [4.78, 5) is 9.53. The number of nitrogens with one attached hydrogen (secondary N) is 1. The lowest BCUT2D eigenvalue weighted by atomic mass is 10.1. The van der Waals surface area contributed by atoms with Crippen LogP contribution in [0.3, 0.4) is 0 Å². The molecular weight excluding hydrogens is 158 g/mol. The van der Waals surface area contributed by atoms with Crippen molar-refractivity contribution in [2.24, 2.45) is 5.84 Å². The monoisotopic (exact) mass is 167 g/mol. The van der Waals surface area contributed by atoms with Gasteiger partial charge in [0.25, 0.3) is 0 Å². The maximum atomic E-state index is 9.98. The highest BCUT2D eigenvalue weighted by molar-refractivity contribution is 6.18. The van der Waals surface area contributed by atoms with Gasteiger partial charge in [-0.3, -0.25) is 16.0 Å². The fourth-order valence-electron chi connectivity index (χ4n) is 0.411. The number of rotatable bonds is 4. The quantitative estimate of drug-likeness (QED) is 0.261. The van der Waals surface area contributed by atoms with Crippen LogP contribution in [0.1, 0.15) is 6.92 Å². The standard InChI is InChI=1S/C4H10ClN3O2/c1-4(2-5,7-6)3-8(9)10/h7H,2-3,6H2,1H3. The number of hydrogen-bond acceptors (Lipinski definition) is 4. The first-order valence-corrected chi connectivity index (χ1v) is 3.23. The van der Waals surface area contributed by atoms with Crippen molar-refractivity contribution in [1.82, 2.24) is 5.43 Å². The van der Waals surface area contributed by atoms with Gasteiger partial charge < -0.3 is 0 Å². The van der Waals surface area contributed by atoms with Crippen molar-refractivity contribution in [1.29, 1.82) is 0 Å². The first kappa shape index (κ1) is 9.61. The van der Waals surface area contributed by atoms with Crippen LogP contribution in [0.5, 0.6) is 0 Å². The third-order valence-electron chi connectivity index (χ3n) is 1.12. The molecule has 60 valence electrons. The van der Waals surface area contributed by atoms with Gasteiger partial charge in [0.2, 0.25) is 6.54 Å². The van der Waals surface area contributed by atoms with Gasteiger partial charge in [-0.1, -0.05) is 0 Å². The molecule has 0 radical (unpaired) electrons. The molecule has 0 amide bonds. The summed E-state index contributed by atoms with van der Waals surface area (Å²) in [5.74, 6) is 5.14. The summed E-state index contributed by atoms with van der Waals surface area (Å²) >= 11 is 5.41. The molecule has 0 fully saturated rings. The molecular formula is C4H10ClN3O2. The van der Waals surface area contributed by atoms with Crippen LogP contribution >= 0.6 is 11.6 Å². The van der Waals surface area contributed by atoms with Gasteiger partial charge in [-0.15, -0.1) is 11.6 Å². The van der Waals surface area contributed by atoms with Crippen molar-refractivity contribution in [2.75, 3.05) is 12.4 Å². The van der Waals surface area contributed by atoms with E-state index in [0.717, 1.165) is 0 Å². The van der Waals surface area contributed by atoms with Crippen LogP contribution in [-0.2, 0) is 0 Å². The van der Waals surface area contributed by atoms with Crippen LogP contribution in [-0.4, -0.2) is 22.9 Å². The summed E-state index contributed by atoms with van der Waals surface area (Å²) in [5.41, 5.74) is 1.49. The summed E-state index contributed by atoms with van der Waals surface area (Å²) in [7, 11) is 0. The molecule has 0 heterocycles. The number of nitrogens with zero attached hydrogens (tertiary/aromatic N) is 1. The van der Waals surface area contributed by atoms with Crippen LogP contribution in [0.4, 0.5) is 0 Å². The Morgan fingerprint density at radius 3 is 2.50 bits per heavy atom. The second-order valence-corrected chi connectivity index (χ2v) is 2.60. The van der Waals surface area contributed by atoms with Gasteiger partial charge in [-0.2, -0.15) is 0 Å². The third-order valence-corrected chi connectivity index (χ3v) is 1.71. The van der Waals surface area contributed by atoms with Crippen molar-refractivity contribution in [3.63, 3.8) is 0 Å². The maximum Gasteiger partial charge on any atom is 0.223 e. The summed E-state index contributed by atoms with van der Waals surface area (Å²) in [5, 5.41) is 9.98. The zero-order valence-electron chi connectivity index (χ0n) is 5.63. The van der Waals surface area contributed by atoms with Gasteiger partial charge in [-0.05, 0) is 6.92 Å². The summed E-state index contributed by atoms with van der Waals surface area (Å²) in [6.45, 7) is 1.32. The largest absolute Gasteiger partial charge is 0.271 e. The zero-order valence-corrected chi connectivity index (χ0v) is 6.39. The highest BCUT2D eigenvalue weighted by atomic mass is 35.5. The minimum Gasteiger partial charge on any atom is -0.271 e. The number of alkyl halides is 1. The van der Waals surface area contributed by atoms with E-state index in [1.807, 2.05) is 0 Å². The second kappa shape index (κ2) is 3.70. The summed E-state index contributed by atoms with van der Waals surface area (Å²) < 4.78 is 0. The average Bonchev–Trinajstić information content (AvgIpc) is 1.87. The van der Waals surface area contributed by atoms with Gasteiger partial charge in [0.1, 0.15) is 5.54 Å². The van der Waals surface area contributed by atoms with E-state index in [1.165, 1.54) is 0 Å². The molecule has 0 aromatic heterocycles. The highest BCUT2D eigenvalue weighted by Crippen LogP contribution is 2.03. The lowest BCUT2D eigenvalue weighted by Gasteiger charge is -2.20. The molecule has 0 aromatic rings. The molecule has 0 rings (SSSR count). The van der Waals surface area contributed by atoms with Gasteiger partial charge in [0.15, 0.2) is 0 Å². The Bertz CT molecular complexity index is 126. The third kappa shape index (κ3) is 2.95. The van der Waals surface area contributed by atoms with Crippen LogP contribution < -0.4 is 11.3 Å². The minimum atomic E-state index is -0.801. The lowest BCUT2D eigenvalue weighted by molar-refractivity contribution is -0.489. The predicted molar refractivity (Wildman–Crippen MR) is 38.3 cm³/mol. The molecule has 0 aliphatic heterocycles. The fraction of sp³-hybridized carbons (Fsp3) is 1.00. The van der Waals surface area contributed by atoms with E-state index in [2.05, 4.69) is 5.43 Å². The molecule has 0 aliphatic carbocycles. The second-order valence-electron chi connectivity index (χ2n) is 2.33. The van der Waals surface area contributed by atoms with Crippen molar-refractivity contribution < 1.29 is 4.92 Å². The average molecular weight is 168 g/mol. The Balaban J connectivity index is 3.92. The number of nitrogens with two attached hydrogens (primary N) is 1. The Morgan fingerprint density at radius 2 is 2.40 bits per heavy atom. The number of nitro groups is 1. The predicted octanol–water partition coefficient (Wildman–Crippen LogP) is -0.276. The smallest absolute Gasteiger partial charge is 0.223 e. The first-order valence-electron chi connectivity index (χ1n) is 2.69. The van der Waals surface area contributed by atoms with E-state index in [-0.39, 0.29) is 12.4 Å².